The standard InChI is InChI=1S/C13H16N2S4/c1-13(2)5-7-8(6-18-13)19-11-9(7)10(16-3)14-12(15-11)17-4/h5-6H2,1-4H3. The highest BCUT2D eigenvalue weighted by atomic mass is 32.2. The molecule has 0 amide bonds. The lowest BCUT2D eigenvalue weighted by molar-refractivity contribution is 0.698. The Morgan fingerprint density at radius 3 is 2.63 bits per heavy atom. The van der Waals surface area contributed by atoms with Gasteiger partial charge in [-0.15, -0.1) is 34.9 Å². The molecule has 0 bridgehead atoms. The Kier molecular flexibility index (Phi) is 3.79. The van der Waals surface area contributed by atoms with Gasteiger partial charge in [-0.3, -0.25) is 0 Å². The zero-order valence-corrected chi connectivity index (χ0v) is 14.7. The summed E-state index contributed by atoms with van der Waals surface area (Å²) in [6.07, 6.45) is 5.28. The maximum atomic E-state index is 4.70. The van der Waals surface area contributed by atoms with Crippen LogP contribution in [-0.4, -0.2) is 27.2 Å². The van der Waals surface area contributed by atoms with E-state index in [9.17, 15) is 0 Å². The fourth-order valence-electron chi connectivity index (χ4n) is 2.33. The monoisotopic (exact) mass is 328 g/mol. The molecule has 0 spiro atoms. The number of rotatable bonds is 2. The SMILES string of the molecule is CSc1nc(SC)c2c3c(sc2n1)CSC(C)(C)C3. The normalized spacial score (nSPS) is 17.7. The molecule has 19 heavy (non-hydrogen) atoms. The molecule has 0 fully saturated rings. The molecule has 0 saturated carbocycles. The third kappa shape index (κ3) is 2.52. The lowest BCUT2D eigenvalue weighted by atomic mass is 10.00. The van der Waals surface area contributed by atoms with Gasteiger partial charge in [-0.1, -0.05) is 25.6 Å². The number of thiophene rings is 1. The van der Waals surface area contributed by atoms with Crippen molar-refractivity contribution in [3.05, 3.63) is 10.4 Å². The molecule has 2 aromatic rings. The number of hydrogen-bond acceptors (Lipinski definition) is 6. The summed E-state index contributed by atoms with van der Waals surface area (Å²) in [6.45, 7) is 4.67. The Hall–Kier alpha value is 0.0900. The minimum absolute atomic E-state index is 0.328. The van der Waals surface area contributed by atoms with Crippen molar-refractivity contribution in [3.8, 4) is 0 Å². The van der Waals surface area contributed by atoms with Gasteiger partial charge in [0, 0.05) is 20.8 Å². The first-order valence-electron chi connectivity index (χ1n) is 6.08. The lowest BCUT2D eigenvalue weighted by Crippen LogP contribution is -2.22. The summed E-state index contributed by atoms with van der Waals surface area (Å²) < 4.78 is 0.328. The summed E-state index contributed by atoms with van der Waals surface area (Å²) in [5.41, 5.74) is 1.50. The molecular formula is C13H16N2S4. The van der Waals surface area contributed by atoms with E-state index >= 15 is 0 Å². The Balaban J connectivity index is 2.25. The molecule has 6 heteroatoms. The topological polar surface area (TPSA) is 25.8 Å². The largest absolute Gasteiger partial charge is 0.215 e. The predicted molar refractivity (Wildman–Crippen MR) is 90.1 cm³/mol. The summed E-state index contributed by atoms with van der Waals surface area (Å²) in [6, 6.07) is 0. The van der Waals surface area contributed by atoms with Crippen LogP contribution in [0.2, 0.25) is 0 Å². The van der Waals surface area contributed by atoms with E-state index in [-0.39, 0.29) is 0 Å². The van der Waals surface area contributed by atoms with Crippen LogP contribution >= 0.6 is 46.6 Å². The van der Waals surface area contributed by atoms with Crippen LogP contribution < -0.4 is 0 Å². The summed E-state index contributed by atoms with van der Waals surface area (Å²) in [5, 5.41) is 3.36. The number of aromatic nitrogens is 2. The summed E-state index contributed by atoms with van der Waals surface area (Å²) >= 11 is 7.28. The molecule has 0 atom stereocenters. The van der Waals surface area contributed by atoms with Crippen molar-refractivity contribution in [1.29, 1.82) is 0 Å². The van der Waals surface area contributed by atoms with Crippen LogP contribution in [0.15, 0.2) is 10.2 Å². The van der Waals surface area contributed by atoms with Crippen LogP contribution in [0.25, 0.3) is 10.2 Å². The second kappa shape index (κ2) is 5.13. The van der Waals surface area contributed by atoms with Gasteiger partial charge in [0.1, 0.15) is 9.86 Å². The number of thioether (sulfide) groups is 3. The first-order chi connectivity index (χ1) is 9.04. The maximum absolute atomic E-state index is 4.70. The van der Waals surface area contributed by atoms with E-state index in [0.717, 1.165) is 22.4 Å². The summed E-state index contributed by atoms with van der Waals surface area (Å²) in [4.78, 5) is 12.1. The van der Waals surface area contributed by atoms with Crippen LogP contribution in [0.3, 0.4) is 0 Å². The van der Waals surface area contributed by atoms with E-state index in [0.29, 0.717) is 4.75 Å². The Morgan fingerprint density at radius 2 is 1.95 bits per heavy atom. The first-order valence-corrected chi connectivity index (χ1v) is 10.3. The molecule has 0 aromatic carbocycles. The third-order valence-electron chi connectivity index (χ3n) is 3.25. The van der Waals surface area contributed by atoms with E-state index in [1.54, 1.807) is 23.5 Å². The van der Waals surface area contributed by atoms with Crippen LogP contribution in [0, 0.1) is 0 Å². The van der Waals surface area contributed by atoms with Gasteiger partial charge in [0.25, 0.3) is 0 Å². The molecule has 2 nitrogen and oxygen atoms in total. The molecule has 0 saturated heterocycles. The van der Waals surface area contributed by atoms with Gasteiger partial charge in [0.15, 0.2) is 5.16 Å². The lowest BCUT2D eigenvalue weighted by Gasteiger charge is -2.29. The van der Waals surface area contributed by atoms with Gasteiger partial charge in [-0.25, -0.2) is 9.97 Å². The third-order valence-corrected chi connectivity index (χ3v) is 7.15. The van der Waals surface area contributed by atoms with E-state index in [1.807, 2.05) is 17.6 Å². The number of fused-ring (bicyclic) bond motifs is 3. The zero-order chi connectivity index (χ0) is 13.6. The molecule has 0 unspecified atom stereocenters. The van der Waals surface area contributed by atoms with Crippen LogP contribution in [0.1, 0.15) is 24.3 Å². The van der Waals surface area contributed by atoms with E-state index in [1.165, 1.54) is 20.7 Å². The van der Waals surface area contributed by atoms with Crippen LogP contribution in [0.5, 0.6) is 0 Å². The summed E-state index contributed by atoms with van der Waals surface area (Å²) in [5.74, 6) is 1.12. The molecule has 1 aliphatic heterocycles. The van der Waals surface area contributed by atoms with Crippen molar-refractivity contribution in [2.45, 2.75) is 41.0 Å². The second-order valence-corrected chi connectivity index (χ2v) is 9.46. The highest BCUT2D eigenvalue weighted by Gasteiger charge is 2.30. The molecule has 0 aliphatic carbocycles. The van der Waals surface area contributed by atoms with Crippen molar-refractivity contribution in [3.63, 3.8) is 0 Å². The smallest absolute Gasteiger partial charge is 0.189 e. The number of hydrogen-bond donors (Lipinski definition) is 0. The van der Waals surface area contributed by atoms with Crippen molar-refractivity contribution in [2.75, 3.05) is 12.5 Å². The molecular weight excluding hydrogens is 312 g/mol. The van der Waals surface area contributed by atoms with Crippen molar-refractivity contribution in [2.24, 2.45) is 0 Å². The summed E-state index contributed by atoms with van der Waals surface area (Å²) in [7, 11) is 0. The first kappa shape index (κ1) is 14.0. The minimum Gasteiger partial charge on any atom is -0.215 e. The fourth-order valence-corrected chi connectivity index (χ4v) is 5.82. The molecule has 2 aromatic heterocycles. The molecule has 0 radical (unpaired) electrons. The molecule has 1 aliphatic rings. The van der Waals surface area contributed by atoms with Gasteiger partial charge in [-0.2, -0.15) is 0 Å². The van der Waals surface area contributed by atoms with Crippen molar-refractivity contribution >= 4 is 56.8 Å². The van der Waals surface area contributed by atoms with Gasteiger partial charge < -0.3 is 0 Å². The van der Waals surface area contributed by atoms with Crippen LogP contribution in [0.4, 0.5) is 0 Å². The van der Waals surface area contributed by atoms with Crippen molar-refractivity contribution in [1.82, 2.24) is 9.97 Å². The fraction of sp³-hybridized carbons (Fsp3) is 0.538. The van der Waals surface area contributed by atoms with Crippen LogP contribution in [-0.2, 0) is 12.2 Å². The molecule has 102 valence electrons. The minimum atomic E-state index is 0.328. The number of nitrogens with zero attached hydrogens (tertiary/aromatic N) is 2. The van der Waals surface area contributed by atoms with Gasteiger partial charge in [0.2, 0.25) is 0 Å². The quantitative estimate of drug-likeness (QED) is 0.452. The van der Waals surface area contributed by atoms with Gasteiger partial charge in [-0.05, 0) is 24.5 Å². The van der Waals surface area contributed by atoms with E-state index < -0.39 is 0 Å². The average molecular weight is 329 g/mol. The predicted octanol–water partition coefficient (Wildman–Crippen LogP) is 4.70. The van der Waals surface area contributed by atoms with Gasteiger partial charge >= 0.3 is 0 Å². The second-order valence-electron chi connectivity index (χ2n) is 5.13. The highest BCUT2D eigenvalue weighted by Crippen LogP contribution is 2.46. The zero-order valence-electron chi connectivity index (χ0n) is 11.4. The highest BCUT2D eigenvalue weighted by molar-refractivity contribution is 8.00. The molecule has 0 N–H and O–H groups in total. The van der Waals surface area contributed by atoms with Crippen molar-refractivity contribution < 1.29 is 0 Å². The molecule has 3 heterocycles. The van der Waals surface area contributed by atoms with E-state index in [4.69, 9.17) is 4.98 Å². The Morgan fingerprint density at radius 1 is 1.16 bits per heavy atom. The average Bonchev–Trinajstić information content (AvgIpc) is 2.74. The Bertz CT molecular complexity index is 633. The van der Waals surface area contributed by atoms with E-state index in [2.05, 4.69) is 36.8 Å². The Labute approximate surface area is 130 Å². The molecule has 3 rings (SSSR count). The van der Waals surface area contributed by atoms with Gasteiger partial charge in [0.05, 0.1) is 0 Å². The maximum Gasteiger partial charge on any atom is 0.189 e.